The summed E-state index contributed by atoms with van der Waals surface area (Å²) in [6, 6.07) is 1.49. The van der Waals surface area contributed by atoms with Gasteiger partial charge in [-0.25, -0.2) is 9.97 Å². The quantitative estimate of drug-likeness (QED) is 0.596. The number of likely N-dealkylation sites (tertiary alicyclic amines) is 1. The van der Waals surface area contributed by atoms with Crippen molar-refractivity contribution in [1.82, 2.24) is 14.9 Å². The van der Waals surface area contributed by atoms with Gasteiger partial charge in [0.25, 0.3) is 0 Å². The minimum absolute atomic E-state index is 0.122. The fraction of sp³-hybridized carbons (Fsp3) is 0.500. The summed E-state index contributed by atoms with van der Waals surface area (Å²) in [7, 11) is 0. The van der Waals surface area contributed by atoms with Crippen LogP contribution in [-0.4, -0.2) is 39.6 Å². The van der Waals surface area contributed by atoms with Gasteiger partial charge in [0.1, 0.15) is 11.6 Å². The SMILES string of the molecule is Nc1cc(N)nc(SCC(=O)N2CCCC2)n1. The molecule has 1 aliphatic heterocycles. The Balaban J connectivity index is 1.90. The predicted molar refractivity (Wildman–Crippen MR) is 67.4 cm³/mol. The molecule has 0 saturated carbocycles. The molecule has 0 unspecified atom stereocenters. The summed E-state index contributed by atoms with van der Waals surface area (Å²) in [5.74, 6) is 1.11. The van der Waals surface area contributed by atoms with Gasteiger partial charge in [-0.3, -0.25) is 4.79 Å². The Kier molecular flexibility index (Phi) is 3.68. The summed E-state index contributed by atoms with van der Waals surface area (Å²) < 4.78 is 0. The minimum Gasteiger partial charge on any atom is -0.383 e. The third kappa shape index (κ3) is 3.23. The molecule has 1 aliphatic rings. The first-order valence-corrected chi connectivity index (χ1v) is 6.44. The molecule has 1 fully saturated rings. The molecule has 6 nitrogen and oxygen atoms in total. The molecule has 1 aromatic heterocycles. The molecule has 1 saturated heterocycles. The first-order chi connectivity index (χ1) is 8.15. The van der Waals surface area contributed by atoms with Crippen LogP contribution in [0.4, 0.5) is 11.6 Å². The van der Waals surface area contributed by atoms with E-state index in [1.807, 2.05) is 4.90 Å². The number of carbonyl (C=O) groups is 1. The Labute approximate surface area is 104 Å². The molecule has 1 aromatic rings. The summed E-state index contributed by atoms with van der Waals surface area (Å²) in [6.45, 7) is 1.72. The van der Waals surface area contributed by atoms with E-state index in [2.05, 4.69) is 9.97 Å². The molecule has 7 heteroatoms. The van der Waals surface area contributed by atoms with E-state index in [-0.39, 0.29) is 5.91 Å². The molecule has 0 aliphatic carbocycles. The number of rotatable bonds is 3. The molecule has 0 bridgehead atoms. The maximum atomic E-state index is 11.8. The molecular weight excluding hydrogens is 238 g/mol. The molecule has 0 spiro atoms. The Hall–Kier alpha value is -1.50. The van der Waals surface area contributed by atoms with Gasteiger partial charge < -0.3 is 16.4 Å². The fourth-order valence-electron chi connectivity index (χ4n) is 1.71. The van der Waals surface area contributed by atoms with Gasteiger partial charge in [-0.05, 0) is 12.8 Å². The second-order valence-corrected chi connectivity index (χ2v) is 4.82. The number of thioether (sulfide) groups is 1. The second-order valence-electron chi connectivity index (χ2n) is 3.88. The highest BCUT2D eigenvalue weighted by atomic mass is 32.2. The molecule has 2 rings (SSSR count). The van der Waals surface area contributed by atoms with Crippen LogP contribution < -0.4 is 11.5 Å². The van der Waals surface area contributed by atoms with E-state index < -0.39 is 0 Å². The lowest BCUT2D eigenvalue weighted by molar-refractivity contribution is -0.127. The van der Waals surface area contributed by atoms with Gasteiger partial charge >= 0.3 is 0 Å². The van der Waals surface area contributed by atoms with Crippen molar-refractivity contribution in [1.29, 1.82) is 0 Å². The van der Waals surface area contributed by atoms with Crippen LogP contribution in [0.1, 0.15) is 12.8 Å². The van der Waals surface area contributed by atoms with Crippen molar-refractivity contribution in [3.8, 4) is 0 Å². The van der Waals surface area contributed by atoms with E-state index in [0.29, 0.717) is 22.5 Å². The average molecular weight is 253 g/mol. The smallest absolute Gasteiger partial charge is 0.233 e. The number of hydrogen-bond acceptors (Lipinski definition) is 6. The molecule has 0 aromatic carbocycles. The van der Waals surface area contributed by atoms with Crippen molar-refractivity contribution in [3.05, 3.63) is 6.07 Å². The highest BCUT2D eigenvalue weighted by Crippen LogP contribution is 2.18. The van der Waals surface area contributed by atoms with Gasteiger partial charge in [0.05, 0.1) is 5.75 Å². The van der Waals surface area contributed by atoms with Crippen LogP contribution in [0.2, 0.25) is 0 Å². The van der Waals surface area contributed by atoms with Gasteiger partial charge in [-0.1, -0.05) is 11.8 Å². The summed E-state index contributed by atoms with van der Waals surface area (Å²) in [5, 5.41) is 0.454. The first kappa shape index (κ1) is 12.0. The van der Waals surface area contributed by atoms with E-state index in [0.717, 1.165) is 25.9 Å². The number of amides is 1. The summed E-state index contributed by atoms with van der Waals surface area (Å²) in [4.78, 5) is 21.7. The molecule has 0 radical (unpaired) electrons. The monoisotopic (exact) mass is 253 g/mol. The highest BCUT2D eigenvalue weighted by molar-refractivity contribution is 7.99. The van der Waals surface area contributed by atoms with Gasteiger partial charge in [0, 0.05) is 19.2 Å². The van der Waals surface area contributed by atoms with E-state index in [1.165, 1.54) is 17.8 Å². The predicted octanol–water partition coefficient (Wildman–Crippen LogP) is 0.355. The number of aromatic nitrogens is 2. The summed E-state index contributed by atoms with van der Waals surface area (Å²) in [6.07, 6.45) is 2.19. The lowest BCUT2D eigenvalue weighted by atomic mass is 10.4. The zero-order chi connectivity index (χ0) is 12.3. The van der Waals surface area contributed by atoms with Crippen molar-refractivity contribution in [3.63, 3.8) is 0 Å². The Morgan fingerprint density at radius 2 is 1.88 bits per heavy atom. The second kappa shape index (κ2) is 5.22. The Morgan fingerprint density at radius 1 is 1.29 bits per heavy atom. The van der Waals surface area contributed by atoms with Crippen LogP contribution in [-0.2, 0) is 4.79 Å². The van der Waals surface area contributed by atoms with E-state index >= 15 is 0 Å². The van der Waals surface area contributed by atoms with Crippen molar-refractivity contribution in [2.45, 2.75) is 18.0 Å². The largest absolute Gasteiger partial charge is 0.383 e. The van der Waals surface area contributed by atoms with Crippen LogP contribution in [0.5, 0.6) is 0 Å². The molecule has 17 heavy (non-hydrogen) atoms. The van der Waals surface area contributed by atoms with Crippen molar-refractivity contribution in [2.75, 3.05) is 30.3 Å². The van der Waals surface area contributed by atoms with Crippen molar-refractivity contribution in [2.24, 2.45) is 0 Å². The van der Waals surface area contributed by atoms with Crippen LogP contribution in [0.25, 0.3) is 0 Å². The maximum absolute atomic E-state index is 11.8. The van der Waals surface area contributed by atoms with Gasteiger partial charge in [0.2, 0.25) is 5.91 Å². The molecule has 1 amide bonds. The summed E-state index contributed by atoms with van der Waals surface area (Å²) >= 11 is 1.27. The van der Waals surface area contributed by atoms with Crippen molar-refractivity contribution < 1.29 is 4.79 Å². The molecule has 0 atom stereocenters. The topological polar surface area (TPSA) is 98.1 Å². The Bertz CT molecular complexity index is 399. The highest BCUT2D eigenvalue weighted by Gasteiger charge is 2.18. The molecule has 2 heterocycles. The first-order valence-electron chi connectivity index (χ1n) is 5.46. The number of hydrogen-bond donors (Lipinski definition) is 2. The number of nitrogens with two attached hydrogens (primary N) is 2. The van der Waals surface area contributed by atoms with Crippen LogP contribution >= 0.6 is 11.8 Å². The summed E-state index contributed by atoms with van der Waals surface area (Å²) in [5.41, 5.74) is 11.1. The molecule has 4 N–H and O–H groups in total. The van der Waals surface area contributed by atoms with Crippen molar-refractivity contribution >= 4 is 29.3 Å². The Morgan fingerprint density at radius 3 is 2.47 bits per heavy atom. The van der Waals surface area contributed by atoms with Gasteiger partial charge in [0.15, 0.2) is 5.16 Å². The van der Waals surface area contributed by atoms with E-state index in [9.17, 15) is 4.79 Å². The normalized spacial score (nSPS) is 15.2. The number of nitrogen functional groups attached to an aromatic ring is 2. The zero-order valence-corrected chi connectivity index (χ0v) is 10.2. The average Bonchev–Trinajstić information content (AvgIpc) is 2.78. The fourth-order valence-corrected chi connectivity index (χ4v) is 2.49. The third-order valence-corrected chi connectivity index (χ3v) is 3.36. The molecular formula is C10H15N5OS. The van der Waals surface area contributed by atoms with Crippen LogP contribution in [0, 0.1) is 0 Å². The molecule has 92 valence electrons. The maximum Gasteiger partial charge on any atom is 0.233 e. The number of carbonyl (C=O) groups excluding carboxylic acids is 1. The standard InChI is InChI=1S/C10H15N5OS/c11-7-5-8(12)14-10(13-7)17-6-9(16)15-3-1-2-4-15/h5H,1-4,6H2,(H4,11,12,13,14). The van der Waals surface area contributed by atoms with E-state index in [4.69, 9.17) is 11.5 Å². The van der Waals surface area contributed by atoms with Gasteiger partial charge in [-0.15, -0.1) is 0 Å². The lowest BCUT2D eigenvalue weighted by Gasteiger charge is -2.14. The van der Waals surface area contributed by atoms with Crippen LogP contribution in [0.3, 0.4) is 0 Å². The lowest BCUT2D eigenvalue weighted by Crippen LogP contribution is -2.29. The number of anilines is 2. The third-order valence-electron chi connectivity index (χ3n) is 2.53. The van der Waals surface area contributed by atoms with E-state index in [1.54, 1.807) is 0 Å². The zero-order valence-electron chi connectivity index (χ0n) is 9.43. The number of nitrogens with zero attached hydrogens (tertiary/aromatic N) is 3. The minimum atomic E-state index is 0.122. The van der Waals surface area contributed by atoms with Crippen LogP contribution in [0.15, 0.2) is 11.2 Å². The van der Waals surface area contributed by atoms with Gasteiger partial charge in [-0.2, -0.15) is 0 Å².